The van der Waals surface area contributed by atoms with Gasteiger partial charge in [-0.3, -0.25) is 9.52 Å². The van der Waals surface area contributed by atoms with Crippen LogP contribution in [-0.2, 0) is 38.8 Å². The monoisotopic (exact) mass is 400 g/mol. The van der Waals surface area contributed by atoms with Gasteiger partial charge in [0.05, 0.1) is 4.90 Å². The Morgan fingerprint density at radius 3 is 2.61 bits per heavy atom. The number of benzene rings is 2. The van der Waals surface area contributed by atoms with Gasteiger partial charge in [-0.25, -0.2) is 8.42 Å². The SMILES string of the molecule is COCC(=O)N1CCc2cc(NS(=O)(=O)c3ccc4c(c3)CCCC4)ccc21. The first-order valence-corrected chi connectivity index (χ1v) is 11.0. The Bertz CT molecular complexity index is 1020. The molecule has 0 unspecified atom stereocenters. The number of fused-ring (bicyclic) bond motifs is 2. The summed E-state index contributed by atoms with van der Waals surface area (Å²) in [6.45, 7) is 0.616. The van der Waals surface area contributed by atoms with Gasteiger partial charge >= 0.3 is 0 Å². The van der Waals surface area contributed by atoms with E-state index < -0.39 is 10.0 Å². The molecule has 1 aliphatic carbocycles. The lowest BCUT2D eigenvalue weighted by molar-refractivity contribution is -0.122. The normalized spacial score (nSPS) is 15.8. The van der Waals surface area contributed by atoms with Gasteiger partial charge in [-0.1, -0.05) is 6.07 Å². The van der Waals surface area contributed by atoms with Gasteiger partial charge in [0.1, 0.15) is 6.61 Å². The van der Waals surface area contributed by atoms with Crippen LogP contribution in [0.3, 0.4) is 0 Å². The molecule has 0 radical (unpaired) electrons. The van der Waals surface area contributed by atoms with Crippen LogP contribution in [0.15, 0.2) is 41.3 Å². The summed E-state index contributed by atoms with van der Waals surface area (Å²) in [4.78, 5) is 14.1. The Labute approximate surface area is 165 Å². The van der Waals surface area contributed by atoms with E-state index >= 15 is 0 Å². The van der Waals surface area contributed by atoms with Crippen LogP contribution in [0.1, 0.15) is 29.5 Å². The molecule has 0 aromatic heterocycles. The molecule has 0 fully saturated rings. The van der Waals surface area contributed by atoms with Crippen molar-refractivity contribution in [2.75, 3.05) is 29.9 Å². The van der Waals surface area contributed by atoms with E-state index in [2.05, 4.69) is 4.72 Å². The number of nitrogens with zero attached hydrogens (tertiary/aromatic N) is 1. The van der Waals surface area contributed by atoms with Gasteiger partial charge in [0.25, 0.3) is 15.9 Å². The molecule has 0 bridgehead atoms. The van der Waals surface area contributed by atoms with Gasteiger partial charge < -0.3 is 9.64 Å². The van der Waals surface area contributed by atoms with Crippen LogP contribution >= 0.6 is 0 Å². The molecule has 148 valence electrons. The van der Waals surface area contributed by atoms with Crippen LogP contribution < -0.4 is 9.62 Å². The summed E-state index contributed by atoms with van der Waals surface area (Å²) in [5, 5.41) is 0. The number of carbonyl (C=O) groups excluding carboxylic acids is 1. The average Bonchev–Trinajstić information content (AvgIpc) is 3.11. The number of hydrogen-bond acceptors (Lipinski definition) is 4. The molecular formula is C21H24N2O4S. The summed E-state index contributed by atoms with van der Waals surface area (Å²) in [6, 6.07) is 10.7. The first-order chi connectivity index (χ1) is 13.5. The lowest BCUT2D eigenvalue weighted by atomic mass is 9.92. The molecule has 2 aromatic rings. The highest BCUT2D eigenvalue weighted by molar-refractivity contribution is 7.92. The lowest BCUT2D eigenvalue weighted by Gasteiger charge is -2.18. The summed E-state index contributed by atoms with van der Waals surface area (Å²) in [7, 11) is -2.16. The number of anilines is 2. The number of sulfonamides is 1. The molecule has 7 heteroatoms. The van der Waals surface area contributed by atoms with Crippen molar-refractivity contribution < 1.29 is 17.9 Å². The molecule has 1 N–H and O–H groups in total. The average molecular weight is 401 g/mol. The van der Waals surface area contributed by atoms with E-state index in [1.165, 1.54) is 12.7 Å². The highest BCUT2D eigenvalue weighted by Gasteiger charge is 2.25. The van der Waals surface area contributed by atoms with Crippen LogP contribution in [0.2, 0.25) is 0 Å². The number of ether oxygens (including phenoxy) is 1. The number of methoxy groups -OCH3 is 1. The van der Waals surface area contributed by atoms with Gasteiger partial charge in [0, 0.05) is 25.0 Å². The van der Waals surface area contributed by atoms with E-state index in [0.29, 0.717) is 23.5 Å². The van der Waals surface area contributed by atoms with Crippen LogP contribution in [0.25, 0.3) is 0 Å². The van der Waals surface area contributed by atoms with E-state index in [4.69, 9.17) is 4.74 Å². The highest BCUT2D eigenvalue weighted by atomic mass is 32.2. The van der Waals surface area contributed by atoms with E-state index in [1.54, 1.807) is 29.2 Å². The highest BCUT2D eigenvalue weighted by Crippen LogP contribution is 2.32. The predicted octanol–water partition coefficient (Wildman–Crippen LogP) is 2.90. The quantitative estimate of drug-likeness (QED) is 0.837. The van der Waals surface area contributed by atoms with Crippen molar-refractivity contribution in [1.29, 1.82) is 0 Å². The topological polar surface area (TPSA) is 75.7 Å². The molecule has 4 rings (SSSR count). The number of hydrogen-bond donors (Lipinski definition) is 1. The van der Waals surface area contributed by atoms with Crippen LogP contribution in [0, 0.1) is 0 Å². The number of rotatable bonds is 5. The van der Waals surface area contributed by atoms with E-state index in [1.807, 2.05) is 12.1 Å². The minimum atomic E-state index is -3.65. The minimum absolute atomic E-state index is 0.0339. The molecule has 1 aliphatic heterocycles. The number of carbonyl (C=O) groups is 1. The van der Waals surface area contributed by atoms with Gasteiger partial charge in [0.2, 0.25) is 0 Å². The zero-order chi connectivity index (χ0) is 19.7. The molecule has 6 nitrogen and oxygen atoms in total. The standard InChI is InChI=1S/C21H24N2O4S/c1-27-14-21(24)23-11-10-17-12-18(7-9-20(17)23)22-28(25,26)19-8-6-15-4-2-3-5-16(15)13-19/h6-9,12-13,22H,2-5,10-11,14H2,1H3. The third-order valence-corrected chi connectivity index (χ3v) is 6.81. The third kappa shape index (κ3) is 3.64. The minimum Gasteiger partial charge on any atom is -0.375 e. The maximum atomic E-state index is 12.9. The Morgan fingerprint density at radius 1 is 1.04 bits per heavy atom. The van der Waals surface area contributed by atoms with E-state index in [0.717, 1.165) is 42.5 Å². The van der Waals surface area contributed by atoms with Gasteiger partial charge in [-0.15, -0.1) is 0 Å². The van der Waals surface area contributed by atoms with Gasteiger partial charge in [-0.05, 0) is 79.1 Å². The maximum absolute atomic E-state index is 12.9. The molecule has 2 aromatic carbocycles. The second-order valence-electron chi connectivity index (χ2n) is 7.32. The Balaban J connectivity index is 1.55. The molecule has 0 saturated heterocycles. The van der Waals surface area contributed by atoms with Crippen molar-refractivity contribution in [3.05, 3.63) is 53.1 Å². The van der Waals surface area contributed by atoms with Gasteiger partial charge in [0.15, 0.2) is 0 Å². The van der Waals surface area contributed by atoms with Crippen molar-refractivity contribution in [1.82, 2.24) is 0 Å². The Kier molecular flexibility index (Phi) is 5.12. The first kappa shape index (κ1) is 19.0. The van der Waals surface area contributed by atoms with Gasteiger partial charge in [-0.2, -0.15) is 0 Å². The summed E-state index contributed by atoms with van der Waals surface area (Å²) in [5.74, 6) is -0.0939. The summed E-state index contributed by atoms with van der Waals surface area (Å²) in [5.41, 5.74) is 4.67. The zero-order valence-corrected chi connectivity index (χ0v) is 16.7. The zero-order valence-electron chi connectivity index (χ0n) is 15.9. The first-order valence-electron chi connectivity index (χ1n) is 9.55. The van der Waals surface area contributed by atoms with E-state index in [9.17, 15) is 13.2 Å². The fourth-order valence-electron chi connectivity index (χ4n) is 4.02. The second kappa shape index (κ2) is 7.56. The second-order valence-corrected chi connectivity index (χ2v) is 9.00. The van der Waals surface area contributed by atoms with Crippen molar-refractivity contribution in [2.45, 2.75) is 37.0 Å². The fourth-order valence-corrected chi connectivity index (χ4v) is 5.12. The summed E-state index contributed by atoms with van der Waals surface area (Å²) < 4.78 is 33.3. The Morgan fingerprint density at radius 2 is 1.82 bits per heavy atom. The summed E-state index contributed by atoms with van der Waals surface area (Å²) in [6.07, 6.45) is 4.91. The number of amides is 1. The molecule has 0 saturated carbocycles. The lowest BCUT2D eigenvalue weighted by Crippen LogP contribution is -2.31. The number of aryl methyl sites for hydroxylation is 2. The molecule has 28 heavy (non-hydrogen) atoms. The molecular weight excluding hydrogens is 376 g/mol. The summed E-state index contributed by atoms with van der Waals surface area (Å²) >= 11 is 0. The third-order valence-electron chi connectivity index (χ3n) is 5.43. The molecule has 0 atom stereocenters. The fraction of sp³-hybridized carbons (Fsp3) is 0.381. The van der Waals surface area contributed by atoms with Crippen LogP contribution in [0.5, 0.6) is 0 Å². The predicted molar refractivity (Wildman–Crippen MR) is 108 cm³/mol. The molecule has 0 spiro atoms. The Hall–Kier alpha value is -2.38. The van der Waals surface area contributed by atoms with Crippen LogP contribution in [-0.4, -0.2) is 34.6 Å². The van der Waals surface area contributed by atoms with Crippen molar-refractivity contribution >= 4 is 27.3 Å². The largest absolute Gasteiger partial charge is 0.375 e. The van der Waals surface area contributed by atoms with Crippen molar-refractivity contribution in [3.63, 3.8) is 0 Å². The molecule has 1 amide bonds. The van der Waals surface area contributed by atoms with Crippen molar-refractivity contribution in [3.8, 4) is 0 Å². The van der Waals surface area contributed by atoms with E-state index in [-0.39, 0.29) is 12.5 Å². The smallest absolute Gasteiger partial charge is 0.261 e. The maximum Gasteiger partial charge on any atom is 0.261 e. The molecule has 2 aliphatic rings. The van der Waals surface area contributed by atoms with Crippen molar-refractivity contribution in [2.24, 2.45) is 0 Å². The van der Waals surface area contributed by atoms with Crippen LogP contribution in [0.4, 0.5) is 11.4 Å². The number of nitrogens with one attached hydrogen (secondary N) is 1. The molecule has 1 heterocycles.